The lowest BCUT2D eigenvalue weighted by molar-refractivity contribution is -0.116. The summed E-state index contributed by atoms with van der Waals surface area (Å²) in [5.74, 6) is -0.286. The van der Waals surface area contributed by atoms with Crippen LogP contribution in [0.2, 0.25) is 0 Å². The van der Waals surface area contributed by atoms with E-state index in [0.717, 1.165) is 16.7 Å². The number of hydrogen-bond donors (Lipinski definition) is 1. The molecule has 0 atom stereocenters. The van der Waals surface area contributed by atoms with Gasteiger partial charge in [0.25, 0.3) is 0 Å². The molecule has 0 heterocycles. The summed E-state index contributed by atoms with van der Waals surface area (Å²) in [4.78, 5) is 25.5. The van der Waals surface area contributed by atoms with Crippen LogP contribution >= 0.6 is 0 Å². The van der Waals surface area contributed by atoms with Crippen LogP contribution in [0.25, 0.3) is 11.1 Å². The number of nitrogens with one attached hydrogen (secondary N) is 1. The van der Waals surface area contributed by atoms with E-state index >= 15 is 0 Å². The van der Waals surface area contributed by atoms with E-state index in [1.807, 2.05) is 84.9 Å². The second-order valence-corrected chi connectivity index (χ2v) is 6.39. The molecule has 0 saturated carbocycles. The van der Waals surface area contributed by atoms with Gasteiger partial charge in [-0.3, -0.25) is 4.79 Å². The minimum absolute atomic E-state index is 0.0892. The summed E-state index contributed by atoms with van der Waals surface area (Å²) in [7, 11) is 1.53. The Labute approximate surface area is 164 Å². The molecule has 0 aromatic heterocycles. The normalized spacial score (nSPS) is 10.2. The molecule has 5 nitrogen and oxygen atoms in total. The average Bonchev–Trinajstić information content (AvgIpc) is 2.74. The third kappa shape index (κ3) is 5.45. The van der Waals surface area contributed by atoms with Crippen molar-refractivity contribution < 1.29 is 14.3 Å². The Kier molecular flexibility index (Phi) is 6.41. The van der Waals surface area contributed by atoms with Crippen LogP contribution in [0.3, 0.4) is 0 Å². The second-order valence-electron chi connectivity index (χ2n) is 6.39. The van der Waals surface area contributed by atoms with Gasteiger partial charge in [-0.1, -0.05) is 72.8 Å². The first-order valence-electron chi connectivity index (χ1n) is 8.99. The maximum Gasteiger partial charge on any atom is 0.410 e. The predicted molar refractivity (Wildman–Crippen MR) is 110 cm³/mol. The van der Waals surface area contributed by atoms with Crippen LogP contribution in [0.1, 0.15) is 5.56 Å². The van der Waals surface area contributed by atoms with E-state index in [1.54, 1.807) is 0 Å². The van der Waals surface area contributed by atoms with Crippen LogP contribution in [-0.2, 0) is 16.1 Å². The number of anilines is 1. The fourth-order valence-corrected chi connectivity index (χ4v) is 2.69. The number of hydrogen-bond acceptors (Lipinski definition) is 3. The molecule has 1 N–H and O–H groups in total. The molecule has 142 valence electrons. The summed E-state index contributed by atoms with van der Waals surface area (Å²) in [6.45, 7) is 0.0840. The SMILES string of the molecule is CN(CC(=O)Nc1ccc(-c2ccccc2)cc1)C(=O)OCc1ccccc1. The molecule has 0 aliphatic rings. The molecule has 0 spiro atoms. The Hall–Kier alpha value is -3.60. The van der Waals surface area contributed by atoms with Gasteiger partial charge in [-0.25, -0.2) is 4.79 Å². The molecule has 3 aromatic rings. The van der Waals surface area contributed by atoms with Crippen molar-refractivity contribution in [1.29, 1.82) is 0 Å². The highest BCUT2D eigenvalue weighted by Crippen LogP contribution is 2.20. The van der Waals surface area contributed by atoms with Crippen molar-refractivity contribution in [3.05, 3.63) is 90.5 Å². The topological polar surface area (TPSA) is 58.6 Å². The number of benzene rings is 3. The van der Waals surface area contributed by atoms with Crippen LogP contribution in [0.15, 0.2) is 84.9 Å². The van der Waals surface area contributed by atoms with E-state index in [1.165, 1.54) is 11.9 Å². The fraction of sp³-hybridized carbons (Fsp3) is 0.130. The Morgan fingerprint density at radius 1 is 0.821 bits per heavy atom. The van der Waals surface area contributed by atoms with E-state index < -0.39 is 6.09 Å². The Bertz CT molecular complexity index is 910. The molecule has 0 radical (unpaired) electrons. The van der Waals surface area contributed by atoms with Gasteiger partial charge in [0, 0.05) is 12.7 Å². The summed E-state index contributed by atoms with van der Waals surface area (Å²) in [5.41, 5.74) is 3.75. The molecular formula is C23H22N2O3. The van der Waals surface area contributed by atoms with Gasteiger partial charge >= 0.3 is 6.09 Å². The van der Waals surface area contributed by atoms with Gasteiger partial charge in [-0.15, -0.1) is 0 Å². The number of carbonyl (C=O) groups excluding carboxylic acids is 2. The van der Waals surface area contributed by atoms with Crippen molar-refractivity contribution in [2.45, 2.75) is 6.61 Å². The minimum Gasteiger partial charge on any atom is -0.445 e. The average molecular weight is 374 g/mol. The molecule has 0 saturated heterocycles. The lowest BCUT2D eigenvalue weighted by atomic mass is 10.1. The van der Waals surface area contributed by atoms with Crippen molar-refractivity contribution in [1.82, 2.24) is 4.90 Å². The number of amides is 2. The third-order valence-electron chi connectivity index (χ3n) is 4.17. The number of nitrogens with zero attached hydrogens (tertiary/aromatic N) is 1. The number of carbonyl (C=O) groups is 2. The van der Waals surface area contributed by atoms with Gasteiger partial charge in [-0.2, -0.15) is 0 Å². The number of likely N-dealkylation sites (N-methyl/N-ethyl adjacent to an activating group) is 1. The van der Waals surface area contributed by atoms with E-state index in [0.29, 0.717) is 5.69 Å². The van der Waals surface area contributed by atoms with Gasteiger partial charge < -0.3 is 15.0 Å². The lowest BCUT2D eigenvalue weighted by Gasteiger charge is -2.16. The Morgan fingerprint density at radius 2 is 1.39 bits per heavy atom. The summed E-state index contributed by atoms with van der Waals surface area (Å²) in [6, 6.07) is 27.0. The molecular weight excluding hydrogens is 352 g/mol. The molecule has 0 fully saturated rings. The summed E-state index contributed by atoms with van der Waals surface area (Å²) in [5, 5.41) is 2.79. The van der Waals surface area contributed by atoms with E-state index in [-0.39, 0.29) is 19.1 Å². The van der Waals surface area contributed by atoms with E-state index in [2.05, 4.69) is 5.32 Å². The third-order valence-corrected chi connectivity index (χ3v) is 4.17. The van der Waals surface area contributed by atoms with Gasteiger partial charge in [0.1, 0.15) is 13.2 Å². The first kappa shape index (κ1) is 19.2. The van der Waals surface area contributed by atoms with Gasteiger partial charge in [0.15, 0.2) is 0 Å². The summed E-state index contributed by atoms with van der Waals surface area (Å²) >= 11 is 0. The zero-order valence-electron chi connectivity index (χ0n) is 15.7. The summed E-state index contributed by atoms with van der Waals surface area (Å²) in [6.07, 6.45) is -0.543. The highest BCUT2D eigenvalue weighted by Gasteiger charge is 2.14. The maximum absolute atomic E-state index is 12.2. The Balaban J connectivity index is 1.48. The smallest absolute Gasteiger partial charge is 0.410 e. The zero-order valence-corrected chi connectivity index (χ0v) is 15.7. The molecule has 0 unspecified atom stereocenters. The Morgan fingerprint density at radius 3 is 2.04 bits per heavy atom. The van der Waals surface area contributed by atoms with Crippen molar-refractivity contribution in [3.63, 3.8) is 0 Å². The van der Waals surface area contributed by atoms with Crippen LogP contribution < -0.4 is 5.32 Å². The first-order valence-corrected chi connectivity index (χ1v) is 8.99. The molecule has 0 aliphatic carbocycles. The van der Waals surface area contributed by atoms with E-state index in [4.69, 9.17) is 4.74 Å². The highest BCUT2D eigenvalue weighted by atomic mass is 16.6. The van der Waals surface area contributed by atoms with E-state index in [9.17, 15) is 9.59 Å². The maximum atomic E-state index is 12.2. The van der Waals surface area contributed by atoms with Crippen LogP contribution in [0.4, 0.5) is 10.5 Å². The second kappa shape index (κ2) is 9.37. The highest BCUT2D eigenvalue weighted by molar-refractivity contribution is 5.94. The predicted octanol–water partition coefficient (Wildman–Crippen LogP) is 4.56. The molecule has 28 heavy (non-hydrogen) atoms. The number of rotatable bonds is 6. The van der Waals surface area contributed by atoms with Gasteiger partial charge in [0.05, 0.1) is 0 Å². The molecule has 0 bridgehead atoms. The van der Waals surface area contributed by atoms with Gasteiger partial charge in [-0.05, 0) is 28.8 Å². The zero-order chi connectivity index (χ0) is 19.8. The molecule has 5 heteroatoms. The fourth-order valence-electron chi connectivity index (χ4n) is 2.69. The quantitative estimate of drug-likeness (QED) is 0.688. The van der Waals surface area contributed by atoms with Crippen molar-refractivity contribution >= 4 is 17.7 Å². The summed E-state index contributed by atoms with van der Waals surface area (Å²) < 4.78 is 5.21. The molecule has 3 rings (SSSR count). The monoisotopic (exact) mass is 374 g/mol. The van der Waals surface area contributed by atoms with Crippen molar-refractivity contribution in [2.24, 2.45) is 0 Å². The standard InChI is InChI=1S/C23H22N2O3/c1-25(23(27)28-17-18-8-4-2-5-9-18)16-22(26)24-21-14-12-20(13-15-21)19-10-6-3-7-11-19/h2-15H,16-17H2,1H3,(H,24,26). The molecule has 0 aliphatic heterocycles. The first-order chi connectivity index (χ1) is 13.6. The van der Waals surface area contributed by atoms with Crippen molar-refractivity contribution in [2.75, 3.05) is 18.9 Å². The minimum atomic E-state index is -0.543. The lowest BCUT2D eigenvalue weighted by Crippen LogP contribution is -2.35. The van der Waals surface area contributed by atoms with Gasteiger partial charge in [0.2, 0.25) is 5.91 Å². The van der Waals surface area contributed by atoms with Crippen LogP contribution in [0.5, 0.6) is 0 Å². The molecule has 2 amide bonds. The largest absolute Gasteiger partial charge is 0.445 e. The number of ether oxygens (including phenoxy) is 1. The van der Waals surface area contributed by atoms with Crippen LogP contribution in [-0.4, -0.2) is 30.5 Å². The van der Waals surface area contributed by atoms with Crippen LogP contribution in [0, 0.1) is 0 Å². The molecule has 3 aromatic carbocycles. The van der Waals surface area contributed by atoms with Crippen molar-refractivity contribution in [3.8, 4) is 11.1 Å².